The molecule has 0 aliphatic heterocycles. The van der Waals surface area contributed by atoms with E-state index in [0.717, 1.165) is 22.3 Å². The Labute approximate surface area is 156 Å². The molecule has 0 saturated carbocycles. The summed E-state index contributed by atoms with van der Waals surface area (Å²) in [7, 11) is -3.78. The molecule has 0 spiro atoms. The van der Waals surface area contributed by atoms with Gasteiger partial charge in [0.15, 0.2) is 0 Å². The minimum absolute atomic E-state index is 0.239. The van der Waals surface area contributed by atoms with Gasteiger partial charge in [-0.2, -0.15) is 12.8 Å². The minimum Gasteiger partial charge on any atom is -0.315 e. The Morgan fingerprint density at radius 3 is 2.50 bits per heavy atom. The van der Waals surface area contributed by atoms with Crippen molar-refractivity contribution in [1.29, 1.82) is 0 Å². The van der Waals surface area contributed by atoms with Crippen LogP contribution in [0.4, 0.5) is 0 Å². The van der Waals surface area contributed by atoms with Crippen LogP contribution in [0, 0.1) is 6.92 Å². The summed E-state index contributed by atoms with van der Waals surface area (Å²) < 4.78 is 32.1. The van der Waals surface area contributed by atoms with Gasteiger partial charge in [-0.25, -0.2) is 0 Å². The fourth-order valence-corrected chi connectivity index (χ4v) is 4.92. The molecule has 3 aromatic heterocycles. The van der Waals surface area contributed by atoms with Crippen molar-refractivity contribution in [3.8, 4) is 0 Å². The van der Waals surface area contributed by atoms with E-state index in [1.54, 1.807) is 17.5 Å². The van der Waals surface area contributed by atoms with Crippen LogP contribution in [0.1, 0.15) is 16.8 Å². The van der Waals surface area contributed by atoms with Gasteiger partial charge in [-0.15, -0.1) is 11.3 Å². The van der Waals surface area contributed by atoms with Crippen molar-refractivity contribution >= 4 is 32.6 Å². The Hall–Kier alpha value is -2.70. The van der Waals surface area contributed by atoms with Gasteiger partial charge in [0.25, 0.3) is 10.0 Å². The summed E-state index contributed by atoms with van der Waals surface area (Å²) in [6.45, 7) is 2.01. The van der Waals surface area contributed by atoms with Crippen molar-refractivity contribution in [3.05, 3.63) is 95.1 Å². The van der Waals surface area contributed by atoms with Crippen LogP contribution < -0.4 is 0 Å². The first-order valence-corrected chi connectivity index (χ1v) is 10.4. The number of aryl methyl sites for hydroxylation is 1. The molecule has 3 heterocycles. The molecule has 4 rings (SSSR count). The zero-order chi connectivity index (χ0) is 18.1. The highest BCUT2D eigenvalue weighted by molar-refractivity contribution is 7.92. The number of thiophene rings is 1. The highest BCUT2D eigenvalue weighted by Crippen LogP contribution is 2.24. The van der Waals surface area contributed by atoms with Crippen LogP contribution >= 0.6 is 11.3 Å². The maximum Gasteiger partial charge on any atom is 0.292 e. The summed E-state index contributed by atoms with van der Waals surface area (Å²) in [6.07, 6.45) is 1.92. The predicted octanol–water partition coefficient (Wildman–Crippen LogP) is 4.54. The van der Waals surface area contributed by atoms with Crippen LogP contribution in [0.5, 0.6) is 0 Å². The topological polar surface area (TPSA) is 50.9 Å². The molecular weight excluding hydrogens is 364 g/mol. The standard InChI is InChI=1S/C20H16N2O2S2/c1-15-14-18(22-12-6-5-10-17(15)22)20(16-8-3-2-4-9-16)21-26(23,24)19-11-7-13-25-19/h2-14H,1H3/b21-20+. The maximum absolute atomic E-state index is 12.8. The van der Waals surface area contributed by atoms with E-state index >= 15 is 0 Å². The van der Waals surface area contributed by atoms with Gasteiger partial charge < -0.3 is 4.40 Å². The molecule has 0 N–H and O–H groups in total. The molecule has 6 heteroatoms. The Bertz CT molecular complexity index is 1190. The van der Waals surface area contributed by atoms with E-state index in [4.69, 9.17) is 0 Å². The third-order valence-corrected chi connectivity index (χ3v) is 6.78. The monoisotopic (exact) mass is 380 g/mol. The lowest BCUT2D eigenvalue weighted by molar-refractivity contribution is 0.600. The maximum atomic E-state index is 12.8. The first kappa shape index (κ1) is 16.8. The van der Waals surface area contributed by atoms with Gasteiger partial charge in [0.1, 0.15) is 9.92 Å². The summed E-state index contributed by atoms with van der Waals surface area (Å²) in [4.78, 5) is 0. The lowest BCUT2D eigenvalue weighted by Crippen LogP contribution is -2.10. The largest absolute Gasteiger partial charge is 0.315 e. The quantitative estimate of drug-likeness (QED) is 0.488. The van der Waals surface area contributed by atoms with E-state index in [1.807, 2.05) is 72.1 Å². The van der Waals surface area contributed by atoms with Crippen LogP contribution in [0.25, 0.3) is 5.52 Å². The second-order valence-electron chi connectivity index (χ2n) is 5.88. The molecule has 0 aliphatic rings. The lowest BCUT2D eigenvalue weighted by atomic mass is 10.1. The van der Waals surface area contributed by atoms with Gasteiger partial charge in [0, 0.05) is 17.3 Å². The molecule has 4 aromatic rings. The van der Waals surface area contributed by atoms with Gasteiger partial charge in [-0.05, 0) is 42.1 Å². The van der Waals surface area contributed by atoms with Crippen LogP contribution in [0.15, 0.2) is 86.9 Å². The molecule has 0 radical (unpaired) electrons. The molecule has 0 fully saturated rings. The van der Waals surface area contributed by atoms with E-state index in [1.165, 1.54) is 11.3 Å². The molecule has 0 bridgehead atoms. The number of nitrogens with zero attached hydrogens (tertiary/aromatic N) is 2. The first-order valence-electron chi connectivity index (χ1n) is 8.07. The van der Waals surface area contributed by atoms with Crippen LogP contribution in [-0.4, -0.2) is 18.5 Å². The van der Waals surface area contributed by atoms with Gasteiger partial charge >= 0.3 is 0 Å². The normalized spacial score (nSPS) is 12.6. The zero-order valence-electron chi connectivity index (χ0n) is 14.0. The Morgan fingerprint density at radius 2 is 1.77 bits per heavy atom. The van der Waals surface area contributed by atoms with Gasteiger partial charge in [-0.3, -0.25) is 0 Å². The number of fused-ring (bicyclic) bond motifs is 1. The van der Waals surface area contributed by atoms with Crippen molar-refractivity contribution in [3.63, 3.8) is 0 Å². The highest BCUT2D eigenvalue weighted by Gasteiger charge is 2.20. The highest BCUT2D eigenvalue weighted by atomic mass is 32.2. The Kier molecular flexibility index (Phi) is 4.22. The van der Waals surface area contributed by atoms with E-state index < -0.39 is 10.0 Å². The summed E-state index contributed by atoms with van der Waals surface area (Å²) in [5.74, 6) is 0. The zero-order valence-corrected chi connectivity index (χ0v) is 15.7. The van der Waals surface area contributed by atoms with Crippen LogP contribution in [0.2, 0.25) is 0 Å². The fourth-order valence-electron chi connectivity index (χ4n) is 2.92. The number of aromatic nitrogens is 1. The molecule has 0 unspecified atom stereocenters. The van der Waals surface area contributed by atoms with E-state index in [9.17, 15) is 8.42 Å². The number of pyridine rings is 1. The fraction of sp³-hybridized carbons (Fsp3) is 0.0500. The second kappa shape index (κ2) is 6.55. The number of benzene rings is 1. The SMILES string of the molecule is Cc1cc(/C(=N/S(=O)(=O)c2cccs2)c2ccccc2)n2ccccc12. The third-order valence-electron chi connectivity index (χ3n) is 4.13. The summed E-state index contributed by atoms with van der Waals surface area (Å²) in [5, 5.41) is 1.74. The summed E-state index contributed by atoms with van der Waals surface area (Å²) in [6, 6.07) is 20.6. The first-order chi connectivity index (χ1) is 12.6. The van der Waals surface area contributed by atoms with Crippen molar-refractivity contribution in [2.45, 2.75) is 11.1 Å². The average Bonchev–Trinajstić information content (AvgIpc) is 3.30. The molecule has 0 aliphatic carbocycles. The third kappa shape index (κ3) is 2.98. The second-order valence-corrected chi connectivity index (χ2v) is 8.66. The van der Waals surface area contributed by atoms with Crippen LogP contribution in [-0.2, 0) is 10.0 Å². The van der Waals surface area contributed by atoms with Gasteiger partial charge in [-0.1, -0.05) is 42.5 Å². The molecule has 130 valence electrons. The van der Waals surface area contributed by atoms with E-state index in [0.29, 0.717) is 5.71 Å². The number of hydrogen-bond acceptors (Lipinski definition) is 3. The predicted molar refractivity (Wildman–Crippen MR) is 106 cm³/mol. The number of hydrogen-bond donors (Lipinski definition) is 0. The molecule has 4 nitrogen and oxygen atoms in total. The average molecular weight is 380 g/mol. The number of sulfonamides is 1. The van der Waals surface area contributed by atoms with Crippen molar-refractivity contribution in [2.75, 3.05) is 0 Å². The molecular formula is C20H16N2O2S2. The number of rotatable bonds is 4. The summed E-state index contributed by atoms with van der Waals surface area (Å²) >= 11 is 1.17. The minimum atomic E-state index is -3.78. The molecule has 0 atom stereocenters. The summed E-state index contributed by atoms with van der Waals surface area (Å²) in [5.41, 5.74) is 4.05. The smallest absolute Gasteiger partial charge is 0.292 e. The molecule has 0 amide bonds. The van der Waals surface area contributed by atoms with Crippen molar-refractivity contribution < 1.29 is 8.42 Å². The Morgan fingerprint density at radius 1 is 1.00 bits per heavy atom. The lowest BCUT2D eigenvalue weighted by Gasteiger charge is -2.08. The molecule has 0 saturated heterocycles. The Balaban J connectivity index is 2.00. The molecule has 1 aromatic carbocycles. The van der Waals surface area contributed by atoms with Crippen molar-refractivity contribution in [2.24, 2.45) is 4.40 Å². The van der Waals surface area contributed by atoms with E-state index in [-0.39, 0.29) is 4.21 Å². The van der Waals surface area contributed by atoms with Gasteiger partial charge in [0.2, 0.25) is 0 Å². The van der Waals surface area contributed by atoms with Gasteiger partial charge in [0.05, 0.1) is 5.69 Å². The molecule has 26 heavy (non-hydrogen) atoms. The van der Waals surface area contributed by atoms with Crippen LogP contribution in [0.3, 0.4) is 0 Å². The van der Waals surface area contributed by atoms with E-state index in [2.05, 4.69) is 4.40 Å². The van der Waals surface area contributed by atoms with Crippen molar-refractivity contribution in [1.82, 2.24) is 4.40 Å².